The number of nitrogens with zero attached hydrogens (tertiary/aromatic N) is 2. The van der Waals surface area contributed by atoms with Crippen LogP contribution in [0.4, 0.5) is 15.9 Å². The number of aromatic nitrogens is 1. The van der Waals surface area contributed by atoms with Crippen LogP contribution in [0.3, 0.4) is 0 Å². The normalized spacial score (nSPS) is 16.5. The number of allylic oxidation sites excluding steroid dienone is 3. The summed E-state index contributed by atoms with van der Waals surface area (Å²) in [5.74, 6) is -0.636. The lowest BCUT2D eigenvalue weighted by Gasteiger charge is -2.12. The molecule has 2 heterocycles. The Morgan fingerprint density at radius 2 is 2.08 bits per heavy atom. The monoisotopic (exact) mass is 350 g/mol. The fraction of sp³-hybridized carbons (Fsp3) is 0.100. The SMILES string of the molecule is C=C(N)/C=C\C1=NC=C(c2ccc(Nc3ncc(O)cc3F)cc2)C1C. The Kier molecular flexibility index (Phi) is 4.84. The van der Waals surface area contributed by atoms with Gasteiger partial charge in [-0.05, 0) is 35.4 Å². The third-order valence-electron chi connectivity index (χ3n) is 4.04. The van der Waals surface area contributed by atoms with E-state index in [0.717, 1.165) is 22.9 Å². The van der Waals surface area contributed by atoms with Gasteiger partial charge in [0, 0.05) is 35.3 Å². The molecule has 26 heavy (non-hydrogen) atoms. The van der Waals surface area contributed by atoms with E-state index in [0.29, 0.717) is 11.4 Å². The fourth-order valence-electron chi connectivity index (χ4n) is 2.63. The topological polar surface area (TPSA) is 83.5 Å². The Balaban J connectivity index is 1.71. The van der Waals surface area contributed by atoms with Crippen LogP contribution in [0.25, 0.3) is 5.57 Å². The molecule has 0 radical (unpaired) electrons. The Bertz CT molecular complexity index is 929. The first-order chi connectivity index (χ1) is 12.4. The molecule has 0 spiro atoms. The van der Waals surface area contributed by atoms with Crippen LogP contribution in [0.15, 0.2) is 72.1 Å². The fourth-order valence-corrected chi connectivity index (χ4v) is 2.63. The highest BCUT2D eigenvalue weighted by atomic mass is 19.1. The molecule has 1 aromatic heterocycles. The van der Waals surface area contributed by atoms with E-state index in [1.807, 2.05) is 36.5 Å². The average molecular weight is 350 g/mol. The molecule has 0 amide bonds. The number of anilines is 2. The van der Waals surface area contributed by atoms with Crippen LogP contribution >= 0.6 is 0 Å². The quantitative estimate of drug-likeness (QED) is 0.708. The zero-order chi connectivity index (χ0) is 18.7. The van der Waals surface area contributed by atoms with Gasteiger partial charge >= 0.3 is 0 Å². The third-order valence-corrected chi connectivity index (χ3v) is 4.04. The summed E-state index contributed by atoms with van der Waals surface area (Å²) in [4.78, 5) is 8.27. The zero-order valence-corrected chi connectivity index (χ0v) is 14.3. The number of halogens is 1. The molecule has 1 aliphatic heterocycles. The molecule has 1 atom stereocenters. The van der Waals surface area contributed by atoms with Gasteiger partial charge in [-0.3, -0.25) is 4.99 Å². The van der Waals surface area contributed by atoms with Crippen molar-refractivity contribution < 1.29 is 9.50 Å². The van der Waals surface area contributed by atoms with E-state index in [-0.39, 0.29) is 17.5 Å². The molecule has 0 fully saturated rings. The second kappa shape index (κ2) is 7.23. The summed E-state index contributed by atoms with van der Waals surface area (Å²) in [7, 11) is 0. The molecule has 4 N–H and O–H groups in total. The van der Waals surface area contributed by atoms with E-state index in [4.69, 9.17) is 5.73 Å². The maximum absolute atomic E-state index is 13.8. The minimum atomic E-state index is -0.618. The number of benzene rings is 1. The number of aliphatic imine (C=N–C) groups is 1. The molecule has 1 aromatic carbocycles. The minimum Gasteiger partial charge on any atom is -0.506 e. The van der Waals surface area contributed by atoms with Gasteiger partial charge in [-0.2, -0.15) is 0 Å². The summed E-state index contributed by atoms with van der Waals surface area (Å²) >= 11 is 0. The third kappa shape index (κ3) is 3.80. The van der Waals surface area contributed by atoms with Crippen molar-refractivity contribution in [2.75, 3.05) is 5.32 Å². The summed E-state index contributed by atoms with van der Waals surface area (Å²) in [6, 6.07) is 8.57. The van der Waals surface area contributed by atoms with E-state index >= 15 is 0 Å². The summed E-state index contributed by atoms with van der Waals surface area (Å²) in [5, 5.41) is 12.1. The standard InChI is InChI=1S/C20H19FN4O/c1-12(22)3-8-19-13(2)17(11-23-19)14-4-6-15(7-5-14)25-20-18(21)9-16(26)10-24-20/h3-11,13,26H,1,22H2,2H3,(H,24,25)/b8-3-. The Labute approximate surface area is 151 Å². The first-order valence-electron chi connectivity index (χ1n) is 8.06. The second-order valence-corrected chi connectivity index (χ2v) is 5.99. The van der Waals surface area contributed by atoms with Crippen LogP contribution in [0.2, 0.25) is 0 Å². The predicted octanol–water partition coefficient (Wildman–Crippen LogP) is 4.13. The van der Waals surface area contributed by atoms with Gasteiger partial charge in [-0.25, -0.2) is 9.37 Å². The van der Waals surface area contributed by atoms with E-state index in [2.05, 4.69) is 28.8 Å². The van der Waals surface area contributed by atoms with Crippen molar-refractivity contribution in [1.82, 2.24) is 4.98 Å². The van der Waals surface area contributed by atoms with E-state index in [1.165, 1.54) is 6.20 Å². The lowest BCUT2D eigenvalue weighted by molar-refractivity contribution is 0.466. The molecule has 1 unspecified atom stereocenters. The number of nitrogens with two attached hydrogens (primary N) is 1. The molecule has 0 bridgehead atoms. The molecule has 0 saturated heterocycles. The average Bonchev–Trinajstić information content (AvgIpc) is 2.97. The highest BCUT2D eigenvalue weighted by molar-refractivity contribution is 6.07. The van der Waals surface area contributed by atoms with Crippen LogP contribution in [0.5, 0.6) is 5.75 Å². The van der Waals surface area contributed by atoms with Crippen LogP contribution < -0.4 is 11.1 Å². The molecule has 5 nitrogen and oxygen atoms in total. The van der Waals surface area contributed by atoms with Crippen molar-refractivity contribution in [1.29, 1.82) is 0 Å². The summed E-state index contributed by atoms with van der Waals surface area (Å²) in [5.41, 5.74) is 9.77. The predicted molar refractivity (Wildman–Crippen MR) is 103 cm³/mol. The van der Waals surface area contributed by atoms with E-state index in [1.54, 1.807) is 6.08 Å². The van der Waals surface area contributed by atoms with Crippen LogP contribution in [0, 0.1) is 11.7 Å². The number of aromatic hydroxyl groups is 1. The molecule has 0 aliphatic carbocycles. The maximum atomic E-state index is 13.8. The van der Waals surface area contributed by atoms with Crippen molar-refractivity contribution in [2.45, 2.75) is 6.92 Å². The number of pyridine rings is 1. The van der Waals surface area contributed by atoms with Gasteiger partial charge in [0.2, 0.25) is 0 Å². The Morgan fingerprint density at radius 1 is 1.35 bits per heavy atom. The molecule has 0 saturated carbocycles. The van der Waals surface area contributed by atoms with Gasteiger partial charge in [0.1, 0.15) is 5.75 Å². The lowest BCUT2D eigenvalue weighted by atomic mass is 9.92. The van der Waals surface area contributed by atoms with Gasteiger partial charge in [0.05, 0.1) is 6.20 Å². The number of rotatable bonds is 5. The minimum absolute atomic E-state index is 0.0572. The van der Waals surface area contributed by atoms with Gasteiger partial charge in [0.25, 0.3) is 0 Å². The first kappa shape index (κ1) is 17.4. The van der Waals surface area contributed by atoms with Crippen molar-refractivity contribution in [3.05, 3.63) is 78.5 Å². The summed E-state index contributed by atoms with van der Waals surface area (Å²) in [6.45, 7) is 5.71. The van der Waals surface area contributed by atoms with E-state index < -0.39 is 5.82 Å². The van der Waals surface area contributed by atoms with Gasteiger partial charge in [0.15, 0.2) is 11.6 Å². The molecular weight excluding hydrogens is 331 g/mol. The van der Waals surface area contributed by atoms with Crippen molar-refractivity contribution in [3.63, 3.8) is 0 Å². The second-order valence-electron chi connectivity index (χ2n) is 5.99. The largest absolute Gasteiger partial charge is 0.506 e. The first-order valence-corrected chi connectivity index (χ1v) is 8.06. The highest BCUT2D eigenvalue weighted by Crippen LogP contribution is 2.31. The van der Waals surface area contributed by atoms with Gasteiger partial charge in [-0.15, -0.1) is 0 Å². The zero-order valence-electron chi connectivity index (χ0n) is 14.3. The van der Waals surface area contributed by atoms with Crippen molar-refractivity contribution in [3.8, 4) is 5.75 Å². The summed E-state index contributed by atoms with van der Waals surface area (Å²) in [6.07, 6.45) is 6.63. The van der Waals surface area contributed by atoms with Gasteiger partial charge in [-0.1, -0.05) is 25.6 Å². The Morgan fingerprint density at radius 3 is 2.73 bits per heavy atom. The molecule has 1 aliphatic rings. The van der Waals surface area contributed by atoms with Crippen LogP contribution in [0.1, 0.15) is 12.5 Å². The van der Waals surface area contributed by atoms with E-state index in [9.17, 15) is 9.50 Å². The van der Waals surface area contributed by atoms with Crippen molar-refractivity contribution in [2.24, 2.45) is 16.6 Å². The molecule has 6 heteroatoms. The van der Waals surface area contributed by atoms with Crippen molar-refractivity contribution >= 4 is 22.8 Å². The Hall–Kier alpha value is -3.41. The molecule has 2 aromatic rings. The molecule has 3 rings (SSSR count). The van der Waals surface area contributed by atoms with Crippen LogP contribution in [-0.2, 0) is 0 Å². The lowest BCUT2D eigenvalue weighted by Crippen LogP contribution is -2.06. The van der Waals surface area contributed by atoms with Crippen LogP contribution in [-0.4, -0.2) is 15.8 Å². The highest BCUT2D eigenvalue weighted by Gasteiger charge is 2.20. The maximum Gasteiger partial charge on any atom is 0.169 e. The molecular formula is C20H19FN4O. The number of hydrogen-bond donors (Lipinski definition) is 3. The summed E-state index contributed by atoms with van der Waals surface area (Å²) < 4.78 is 13.8. The number of hydrogen-bond acceptors (Lipinski definition) is 5. The molecule has 132 valence electrons. The van der Waals surface area contributed by atoms with Gasteiger partial charge < -0.3 is 16.2 Å². The number of nitrogens with one attached hydrogen (secondary N) is 1. The smallest absolute Gasteiger partial charge is 0.169 e.